The third-order valence-corrected chi connectivity index (χ3v) is 3.93. The van der Waals surface area contributed by atoms with Gasteiger partial charge in [-0.25, -0.2) is 5.10 Å². The molecule has 1 aliphatic heterocycles. The van der Waals surface area contributed by atoms with Crippen LogP contribution in [0.25, 0.3) is 0 Å². The first-order valence-electron chi connectivity index (χ1n) is 7.87. The van der Waals surface area contributed by atoms with Crippen LogP contribution < -0.4 is 14.8 Å². The molecule has 3 rings (SSSR count). The zero-order valence-electron chi connectivity index (χ0n) is 13.8. The molecule has 0 aliphatic carbocycles. The van der Waals surface area contributed by atoms with E-state index in [-0.39, 0.29) is 24.2 Å². The highest BCUT2D eigenvalue weighted by molar-refractivity contribution is 5.96. The number of methoxy groups -OCH3 is 1. The summed E-state index contributed by atoms with van der Waals surface area (Å²) >= 11 is 0. The van der Waals surface area contributed by atoms with Gasteiger partial charge in [0.25, 0.3) is 0 Å². The standard InChI is InChI=1S/C16H19N5O4/c1-24-12-4-2-3-5-13(12)25-7-6-21-9-11(8-14(21)22)15(23)19-16-17-10-18-20-16/h2-5,10-11H,6-9H2,1H3,(H2,17,18,19,20,23)/t11-/m0/s1. The van der Waals surface area contributed by atoms with Crippen molar-refractivity contribution < 1.29 is 19.1 Å². The van der Waals surface area contributed by atoms with E-state index in [2.05, 4.69) is 20.5 Å². The lowest BCUT2D eigenvalue weighted by Gasteiger charge is -2.17. The highest BCUT2D eigenvalue weighted by atomic mass is 16.5. The average Bonchev–Trinajstić information content (AvgIpc) is 3.25. The molecule has 0 saturated carbocycles. The molecular weight excluding hydrogens is 326 g/mol. The molecule has 0 bridgehead atoms. The molecule has 2 aromatic rings. The molecule has 2 heterocycles. The summed E-state index contributed by atoms with van der Waals surface area (Å²) in [5.74, 6) is 0.801. The number of hydrogen-bond acceptors (Lipinski definition) is 6. The number of carbonyl (C=O) groups excluding carboxylic acids is 2. The van der Waals surface area contributed by atoms with Gasteiger partial charge in [0.1, 0.15) is 12.9 Å². The lowest BCUT2D eigenvalue weighted by atomic mass is 10.1. The normalized spacial score (nSPS) is 16.8. The van der Waals surface area contributed by atoms with E-state index in [0.717, 1.165) is 0 Å². The van der Waals surface area contributed by atoms with Crippen LogP contribution in [-0.4, -0.2) is 58.7 Å². The van der Waals surface area contributed by atoms with Crippen LogP contribution in [0.1, 0.15) is 6.42 Å². The number of aromatic amines is 1. The summed E-state index contributed by atoms with van der Waals surface area (Å²) in [6, 6.07) is 7.31. The predicted octanol–water partition coefficient (Wildman–Crippen LogP) is 0.679. The molecule has 25 heavy (non-hydrogen) atoms. The third kappa shape index (κ3) is 4.06. The summed E-state index contributed by atoms with van der Waals surface area (Å²) < 4.78 is 10.9. The molecule has 1 fully saturated rings. The Morgan fingerprint density at radius 2 is 2.20 bits per heavy atom. The van der Waals surface area contributed by atoms with Crippen LogP contribution in [0.4, 0.5) is 5.95 Å². The number of nitrogens with zero attached hydrogens (tertiary/aromatic N) is 3. The molecule has 1 aliphatic rings. The van der Waals surface area contributed by atoms with Gasteiger partial charge in [0.2, 0.25) is 17.8 Å². The third-order valence-electron chi connectivity index (χ3n) is 3.93. The number of benzene rings is 1. The minimum absolute atomic E-state index is 0.0682. The lowest BCUT2D eigenvalue weighted by molar-refractivity contribution is -0.128. The summed E-state index contributed by atoms with van der Waals surface area (Å²) in [5.41, 5.74) is 0. The Labute approximate surface area is 144 Å². The number of para-hydroxylation sites is 2. The number of amides is 2. The summed E-state index contributed by atoms with van der Waals surface area (Å²) in [6.07, 6.45) is 1.48. The highest BCUT2D eigenvalue weighted by Crippen LogP contribution is 2.26. The molecule has 2 N–H and O–H groups in total. The van der Waals surface area contributed by atoms with Gasteiger partial charge in [0, 0.05) is 13.0 Å². The van der Waals surface area contributed by atoms with Gasteiger partial charge in [-0.1, -0.05) is 12.1 Å². The summed E-state index contributed by atoms with van der Waals surface area (Å²) in [4.78, 5) is 29.7. The van der Waals surface area contributed by atoms with Crippen LogP contribution in [-0.2, 0) is 9.59 Å². The van der Waals surface area contributed by atoms with E-state index < -0.39 is 5.92 Å². The molecule has 1 aromatic carbocycles. The van der Waals surface area contributed by atoms with Gasteiger partial charge in [-0.15, -0.1) is 0 Å². The first-order chi connectivity index (χ1) is 12.2. The predicted molar refractivity (Wildman–Crippen MR) is 88.2 cm³/mol. The molecule has 9 nitrogen and oxygen atoms in total. The second-order valence-corrected chi connectivity index (χ2v) is 5.56. The van der Waals surface area contributed by atoms with Crippen molar-refractivity contribution in [2.75, 3.05) is 32.1 Å². The maximum absolute atomic E-state index is 12.2. The number of likely N-dealkylation sites (tertiary alicyclic amines) is 1. The van der Waals surface area contributed by atoms with E-state index in [1.807, 2.05) is 12.1 Å². The molecule has 132 valence electrons. The van der Waals surface area contributed by atoms with Gasteiger partial charge < -0.3 is 14.4 Å². The Balaban J connectivity index is 1.49. The van der Waals surface area contributed by atoms with Crippen molar-refractivity contribution in [3.8, 4) is 11.5 Å². The van der Waals surface area contributed by atoms with Crippen LogP contribution >= 0.6 is 0 Å². The van der Waals surface area contributed by atoms with E-state index in [1.165, 1.54) is 6.33 Å². The first kappa shape index (κ1) is 16.7. The molecule has 1 saturated heterocycles. The van der Waals surface area contributed by atoms with Crippen LogP contribution in [0.5, 0.6) is 11.5 Å². The Morgan fingerprint density at radius 3 is 2.92 bits per heavy atom. The van der Waals surface area contributed by atoms with Gasteiger partial charge in [-0.2, -0.15) is 10.1 Å². The van der Waals surface area contributed by atoms with Crippen LogP contribution in [0, 0.1) is 5.92 Å². The fourth-order valence-electron chi connectivity index (χ4n) is 2.65. The maximum Gasteiger partial charge on any atom is 0.232 e. The average molecular weight is 345 g/mol. The number of ether oxygens (including phenoxy) is 2. The number of rotatable bonds is 7. The minimum Gasteiger partial charge on any atom is -0.493 e. The molecule has 0 unspecified atom stereocenters. The summed E-state index contributed by atoms with van der Waals surface area (Å²) in [5, 5.41) is 8.82. The van der Waals surface area contributed by atoms with Crippen molar-refractivity contribution in [1.29, 1.82) is 0 Å². The molecule has 2 amide bonds. The molecular formula is C16H19N5O4. The quantitative estimate of drug-likeness (QED) is 0.764. The van der Waals surface area contributed by atoms with Gasteiger partial charge in [-0.05, 0) is 12.1 Å². The SMILES string of the molecule is COc1ccccc1OCCN1C[C@@H](C(=O)Nc2ncn[nH]2)CC1=O. The molecule has 1 atom stereocenters. The fraction of sp³-hybridized carbons (Fsp3) is 0.375. The molecule has 9 heteroatoms. The van der Waals surface area contributed by atoms with Crippen molar-refractivity contribution >= 4 is 17.8 Å². The number of hydrogen-bond donors (Lipinski definition) is 2. The second-order valence-electron chi connectivity index (χ2n) is 5.56. The van der Waals surface area contributed by atoms with Crippen molar-refractivity contribution in [2.45, 2.75) is 6.42 Å². The molecule has 1 aromatic heterocycles. The van der Waals surface area contributed by atoms with E-state index in [1.54, 1.807) is 24.1 Å². The van der Waals surface area contributed by atoms with Crippen molar-refractivity contribution in [3.63, 3.8) is 0 Å². The fourth-order valence-corrected chi connectivity index (χ4v) is 2.65. The number of nitrogens with one attached hydrogen (secondary N) is 2. The first-order valence-corrected chi connectivity index (χ1v) is 7.87. The summed E-state index contributed by atoms with van der Waals surface area (Å²) in [7, 11) is 1.57. The second kappa shape index (κ2) is 7.65. The number of carbonyl (C=O) groups is 2. The zero-order valence-corrected chi connectivity index (χ0v) is 13.8. The number of anilines is 1. The lowest BCUT2D eigenvalue weighted by Crippen LogP contribution is -2.31. The Morgan fingerprint density at radius 1 is 1.40 bits per heavy atom. The maximum atomic E-state index is 12.2. The number of aromatic nitrogens is 3. The Bertz CT molecular complexity index is 734. The van der Waals surface area contributed by atoms with Gasteiger partial charge in [-0.3, -0.25) is 14.9 Å². The van der Waals surface area contributed by atoms with Gasteiger partial charge in [0.05, 0.1) is 19.6 Å². The van der Waals surface area contributed by atoms with Crippen molar-refractivity contribution in [2.24, 2.45) is 5.92 Å². The van der Waals surface area contributed by atoms with E-state index in [0.29, 0.717) is 31.2 Å². The topological polar surface area (TPSA) is 109 Å². The van der Waals surface area contributed by atoms with E-state index >= 15 is 0 Å². The van der Waals surface area contributed by atoms with Crippen molar-refractivity contribution in [1.82, 2.24) is 20.1 Å². The van der Waals surface area contributed by atoms with Crippen LogP contribution in [0.3, 0.4) is 0 Å². The Hall–Kier alpha value is -3.10. The van der Waals surface area contributed by atoms with Gasteiger partial charge >= 0.3 is 0 Å². The van der Waals surface area contributed by atoms with Crippen LogP contribution in [0.2, 0.25) is 0 Å². The largest absolute Gasteiger partial charge is 0.493 e. The van der Waals surface area contributed by atoms with Crippen molar-refractivity contribution in [3.05, 3.63) is 30.6 Å². The smallest absolute Gasteiger partial charge is 0.232 e. The minimum atomic E-state index is -0.413. The summed E-state index contributed by atoms with van der Waals surface area (Å²) in [6.45, 7) is 1.08. The van der Waals surface area contributed by atoms with E-state index in [9.17, 15) is 9.59 Å². The molecule has 0 radical (unpaired) electrons. The Kier molecular flexibility index (Phi) is 5.12. The monoisotopic (exact) mass is 345 g/mol. The molecule has 0 spiro atoms. The highest BCUT2D eigenvalue weighted by Gasteiger charge is 2.34. The number of H-pyrrole nitrogens is 1. The zero-order chi connectivity index (χ0) is 17.6. The van der Waals surface area contributed by atoms with Crippen LogP contribution in [0.15, 0.2) is 30.6 Å². The van der Waals surface area contributed by atoms with E-state index in [4.69, 9.17) is 9.47 Å². The van der Waals surface area contributed by atoms with Gasteiger partial charge in [0.15, 0.2) is 11.5 Å².